The topological polar surface area (TPSA) is 21.3 Å². The van der Waals surface area contributed by atoms with Crippen LogP contribution >= 0.6 is 0 Å². The van der Waals surface area contributed by atoms with Crippen LogP contribution in [0.2, 0.25) is 0 Å². The predicted octanol–water partition coefficient (Wildman–Crippen LogP) is 1.97. The quantitative estimate of drug-likeness (QED) is 0.683. The maximum Gasteiger partial charge on any atom is 0.142 e. The summed E-state index contributed by atoms with van der Waals surface area (Å²) in [5.41, 5.74) is 3.96. The lowest BCUT2D eigenvalue weighted by molar-refractivity contribution is 0.416. The highest BCUT2D eigenvalue weighted by Crippen LogP contribution is 2.34. The summed E-state index contributed by atoms with van der Waals surface area (Å²) in [6.45, 7) is 3.18. The van der Waals surface area contributed by atoms with Crippen LogP contribution < -0.4 is 10.1 Å². The largest absolute Gasteiger partial charge is 0.495 e. The average Bonchev–Trinajstić information content (AvgIpc) is 2.54. The Hall–Kier alpha value is -1.18. The lowest BCUT2D eigenvalue weighted by Crippen LogP contribution is -1.94. The van der Waals surface area contributed by atoms with Gasteiger partial charge in [0.15, 0.2) is 0 Å². The van der Waals surface area contributed by atoms with Gasteiger partial charge in [0.25, 0.3) is 0 Å². The molecule has 0 aromatic heterocycles. The molecular formula is C10H13NO. The monoisotopic (exact) mass is 163 g/mol. The highest BCUT2D eigenvalue weighted by atomic mass is 16.5. The molecule has 0 amide bonds. The summed E-state index contributed by atoms with van der Waals surface area (Å²) in [4.78, 5) is 0. The third-order valence-corrected chi connectivity index (χ3v) is 2.41. The van der Waals surface area contributed by atoms with Crippen molar-refractivity contribution in [3.05, 3.63) is 23.3 Å². The molecule has 1 aromatic carbocycles. The zero-order chi connectivity index (χ0) is 8.55. The molecule has 1 aromatic rings. The van der Waals surface area contributed by atoms with Gasteiger partial charge in [0.1, 0.15) is 5.75 Å². The van der Waals surface area contributed by atoms with Crippen molar-refractivity contribution in [2.45, 2.75) is 13.3 Å². The fourth-order valence-electron chi connectivity index (χ4n) is 1.73. The molecule has 2 nitrogen and oxygen atoms in total. The molecule has 0 aliphatic carbocycles. The molecule has 2 heteroatoms. The Kier molecular flexibility index (Phi) is 1.68. The smallest absolute Gasteiger partial charge is 0.142 e. The van der Waals surface area contributed by atoms with Gasteiger partial charge >= 0.3 is 0 Å². The summed E-state index contributed by atoms with van der Waals surface area (Å²) in [6, 6.07) is 4.14. The van der Waals surface area contributed by atoms with Crippen molar-refractivity contribution in [1.29, 1.82) is 0 Å². The molecular weight excluding hydrogens is 150 g/mol. The van der Waals surface area contributed by atoms with E-state index in [9.17, 15) is 0 Å². The molecule has 0 atom stereocenters. The van der Waals surface area contributed by atoms with Gasteiger partial charge in [0.05, 0.1) is 12.8 Å². The molecule has 0 unspecified atom stereocenters. The van der Waals surface area contributed by atoms with E-state index in [2.05, 4.69) is 18.3 Å². The number of hydrogen-bond donors (Lipinski definition) is 1. The molecule has 1 aliphatic heterocycles. The molecule has 0 saturated carbocycles. The number of hydrogen-bond acceptors (Lipinski definition) is 2. The van der Waals surface area contributed by atoms with Crippen LogP contribution in [0.3, 0.4) is 0 Å². The van der Waals surface area contributed by atoms with Crippen molar-refractivity contribution in [3.8, 4) is 5.75 Å². The van der Waals surface area contributed by atoms with Gasteiger partial charge in [-0.15, -0.1) is 0 Å². The standard InChI is InChI=1S/C10H13NO/c1-7-3-4-9(12-2)10-8(7)5-6-11-10/h3-4,11H,5-6H2,1-2H3. The van der Waals surface area contributed by atoms with E-state index in [0.717, 1.165) is 18.7 Å². The Morgan fingerprint density at radius 2 is 2.25 bits per heavy atom. The van der Waals surface area contributed by atoms with E-state index in [0.29, 0.717) is 0 Å². The van der Waals surface area contributed by atoms with Gasteiger partial charge in [-0.3, -0.25) is 0 Å². The Bertz CT molecular complexity index is 307. The lowest BCUT2D eigenvalue weighted by atomic mass is 10.1. The van der Waals surface area contributed by atoms with Gasteiger partial charge in [-0.1, -0.05) is 6.07 Å². The van der Waals surface area contributed by atoms with Crippen molar-refractivity contribution < 1.29 is 4.74 Å². The van der Waals surface area contributed by atoms with Gasteiger partial charge in [0, 0.05) is 6.54 Å². The maximum absolute atomic E-state index is 5.25. The van der Waals surface area contributed by atoms with E-state index in [-0.39, 0.29) is 0 Å². The summed E-state index contributed by atoms with van der Waals surface area (Å²) < 4.78 is 5.25. The van der Waals surface area contributed by atoms with Crippen molar-refractivity contribution in [3.63, 3.8) is 0 Å². The molecule has 1 N–H and O–H groups in total. The van der Waals surface area contributed by atoms with Crippen LogP contribution in [-0.2, 0) is 6.42 Å². The second kappa shape index (κ2) is 2.70. The lowest BCUT2D eigenvalue weighted by Gasteiger charge is -2.08. The zero-order valence-electron chi connectivity index (χ0n) is 7.48. The Balaban J connectivity index is 2.57. The third-order valence-electron chi connectivity index (χ3n) is 2.41. The molecule has 1 heterocycles. The minimum atomic E-state index is 0.966. The van der Waals surface area contributed by atoms with Crippen molar-refractivity contribution in [2.24, 2.45) is 0 Å². The van der Waals surface area contributed by atoms with Crippen LogP contribution in [0, 0.1) is 6.92 Å². The first-order chi connectivity index (χ1) is 5.83. The van der Waals surface area contributed by atoms with Crippen LogP contribution in [0.25, 0.3) is 0 Å². The number of anilines is 1. The van der Waals surface area contributed by atoms with Crippen LogP contribution in [0.4, 0.5) is 5.69 Å². The molecule has 0 bridgehead atoms. The molecule has 0 radical (unpaired) electrons. The summed E-state index contributed by atoms with van der Waals surface area (Å²) in [5, 5.41) is 3.34. The number of aryl methyl sites for hydroxylation is 1. The minimum Gasteiger partial charge on any atom is -0.495 e. The molecule has 64 valence electrons. The van der Waals surface area contributed by atoms with Gasteiger partial charge in [-0.2, -0.15) is 0 Å². The molecule has 1 aliphatic rings. The van der Waals surface area contributed by atoms with Crippen molar-refractivity contribution >= 4 is 5.69 Å². The first kappa shape index (κ1) is 7.47. The Morgan fingerprint density at radius 3 is 3.00 bits per heavy atom. The summed E-state index contributed by atoms with van der Waals surface area (Å²) >= 11 is 0. The average molecular weight is 163 g/mol. The number of fused-ring (bicyclic) bond motifs is 1. The predicted molar refractivity (Wildman–Crippen MR) is 49.9 cm³/mol. The van der Waals surface area contributed by atoms with Crippen molar-refractivity contribution in [2.75, 3.05) is 19.0 Å². The number of ether oxygens (including phenoxy) is 1. The maximum atomic E-state index is 5.25. The van der Waals surface area contributed by atoms with E-state index in [1.165, 1.54) is 16.8 Å². The van der Waals surface area contributed by atoms with Crippen LogP contribution in [-0.4, -0.2) is 13.7 Å². The molecule has 0 spiro atoms. The highest BCUT2D eigenvalue weighted by Gasteiger charge is 2.16. The summed E-state index contributed by atoms with van der Waals surface area (Å²) in [5.74, 6) is 0.966. The fraction of sp³-hybridized carbons (Fsp3) is 0.400. The first-order valence-electron chi connectivity index (χ1n) is 4.23. The Morgan fingerprint density at radius 1 is 1.42 bits per heavy atom. The van der Waals surface area contributed by atoms with E-state index >= 15 is 0 Å². The second-order valence-corrected chi connectivity index (χ2v) is 3.12. The van der Waals surface area contributed by atoms with E-state index in [1.54, 1.807) is 7.11 Å². The van der Waals surface area contributed by atoms with E-state index in [4.69, 9.17) is 4.74 Å². The number of methoxy groups -OCH3 is 1. The van der Waals surface area contributed by atoms with Gasteiger partial charge < -0.3 is 10.1 Å². The number of benzene rings is 1. The van der Waals surface area contributed by atoms with E-state index in [1.807, 2.05) is 6.07 Å². The normalized spacial score (nSPS) is 13.8. The minimum absolute atomic E-state index is 0.966. The summed E-state index contributed by atoms with van der Waals surface area (Å²) in [7, 11) is 1.71. The zero-order valence-corrected chi connectivity index (χ0v) is 7.48. The highest BCUT2D eigenvalue weighted by molar-refractivity contribution is 5.67. The fourth-order valence-corrected chi connectivity index (χ4v) is 1.73. The molecule has 2 rings (SSSR count). The third kappa shape index (κ3) is 0.951. The molecule has 0 fully saturated rings. The molecule has 0 saturated heterocycles. The number of rotatable bonds is 1. The van der Waals surface area contributed by atoms with Crippen molar-refractivity contribution in [1.82, 2.24) is 0 Å². The first-order valence-corrected chi connectivity index (χ1v) is 4.23. The van der Waals surface area contributed by atoms with Crippen LogP contribution in [0.15, 0.2) is 12.1 Å². The molecule has 12 heavy (non-hydrogen) atoms. The van der Waals surface area contributed by atoms with Gasteiger partial charge in [0.2, 0.25) is 0 Å². The number of nitrogens with one attached hydrogen (secondary N) is 1. The van der Waals surface area contributed by atoms with Gasteiger partial charge in [-0.25, -0.2) is 0 Å². The van der Waals surface area contributed by atoms with E-state index < -0.39 is 0 Å². The second-order valence-electron chi connectivity index (χ2n) is 3.12. The van der Waals surface area contributed by atoms with Gasteiger partial charge in [-0.05, 0) is 30.5 Å². The summed E-state index contributed by atoms with van der Waals surface area (Å²) in [6.07, 6.45) is 1.12. The van der Waals surface area contributed by atoms with Crippen LogP contribution in [0.5, 0.6) is 5.75 Å². The Labute approximate surface area is 72.5 Å². The van der Waals surface area contributed by atoms with Crippen LogP contribution in [0.1, 0.15) is 11.1 Å². The SMILES string of the molecule is COc1ccc(C)c2c1NCC2.